The monoisotopic (exact) mass is 395 g/mol. The number of ether oxygens (including phenoxy) is 2. The summed E-state index contributed by atoms with van der Waals surface area (Å²) < 4.78 is 37.2. The molecule has 0 radical (unpaired) electrons. The Kier molecular flexibility index (Phi) is 9.20. The van der Waals surface area contributed by atoms with Gasteiger partial charge in [-0.1, -0.05) is 12.1 Å². The van der Waals surface area contributed by atoms with E-state index in [4.69, 9.17) is 9.47 Å². The first-order chi connectivity index (χ1) is 13.6. The van der Waals surface area contributed by atoms with Gasteiger partial charge in [0.2, 0.25) is 0 Å². The van der Waals surface area contributed by atoms with Crippen molar-refractivity contribution >= 4 is 5.96 Å². The van der Waals surface area contributed by atoms with Gasteiger partial charge in [0.05, 0.1) is 20.2 Å². The smallest absolute Gasteiger partial charge is 0.319 e. The molecule has 0 spiro atoms. The first kappa shape index (κ1) is 21.6. The molecule has 0 aliphatic carbocycles. The fourth-order valence-corrected chi connectivity index (χ4v) is 2.42. The Labute approximate surface area is 163 Å². The predicted octanol–water partition coefficient (Wildman–Crippen LogP) is 2.95. The number of imidazole rings is 1. The molecule has 28 heavy (non-hydrogen) atoms. The molecule has 0 aliphatic heterocycles. The lowest BCUT2D eigenvalue weighted by atomic mass is 10.2. The second-order valence-corrected chi connectivity index (χ2v) is 5.87. The number of methoxy groups -OCH3 is 1. The van der Waals surface area contributed by atoms with Gasteiger partial charge in [0.15, 0.2) is 5.96 Å². The number of halogens is 2. The van der Waals surface area contributed by atoms with E-state index in [0.29, 0.717) is 32.3 Å². The van der Waals surface area contributed by atoms with Gasteiger partial charge in [0.25, 0.3) is 0 Å². The number of nitrogens with zero attached hydrogens (tertiary/aromatic N) is 3. The molecular weight excluding hydrogens is 368 g/mol. The number of hydrogen-bond acceptors (Lipinski definition) is 4. The van der Waals surface area contributed by atoms with Gasteiger partial charge in [-0.2, -0.15) is 8.78 Å². The highest BCUT2D eigenvalue weighted by Gasteiger charge is 2.11. The lowest BCUT2D eigenvalue weighted by Gasteiger charge is -2.13. The van der Waals surface area contributed by atoms with Crippen LogP contribution in [0.4, 0.5) is 8.78 Å². The zero-order chi connectivity index (χ0) is 20.2. The number of benzene rings is 1. The summed E-state index contributed by atoms with van der Waals surface area (Å²) in [4.78, 5) is 8.50. The van der Waals surface area contributed by atoms with E-state index in [1.165, 1.54) is 12.4 Å². The summed E-state index contributed by atoms with van der Waals surface area (Å²) in [7, 11) is 1.62. The molecule has 1 aromatic carbocycles. The standard InChI is InChI=1S/C19H27F2N5O2/c1-3-28-12-4-9-23-19(24-13-15-5-7-16(27-2)8-6-15)25-14-17-22-10-11-26(17)18(20)21/h5-8,10-11,18H,3-4,9,12-14H2,1-2H3,(H2,23,24,25). The summed E-state index contributed by atoms with van der Waals surface area (Å²) in [5.74, 6) is 1.54. The molecule has 2 rings (SSSR count). The minimum atomic E-state index is -2.63. The van der Waals surface area contributed by atoms with Crippen LogP contribution in [0.15, 0.2) is 41.7 Å². The molecule has 0 unspecified atom stereocenters. The van der Waals surface area contributed by atoms with Gasteiger partial charge >= 0.3 is 6.55 Å². The van der Waals surface area contributed by atoms with Gasteiger partial charge in [-0.15, -0.1) is 0 Å². The third kappa shape index (κ3) is 7.15. The van der Waals surface area contributed by atoms with Crippen molar-refractivity contribution in [1.29, 1.82) is 0 Å². The van der Waals surface area contributed by atoms with Crippen molar-refractivity contribution in [3.63, 3.8) is 0 Å². The van der Waals surface area contributed by atoms with Crippen molar-refractivity contribution in [2.75, 3.05) is 26.9 Å². The predicted molar refractivity (Wildman–Crippen MR) is 104 cm³/mol. The van der Waals surface area contributed by atoms with Crippen LogP contribution in [-0.2, 0) is 17.8 Å². The van der Waals surface area contributed by atoms with Crippen LogP contribution in [0, 0.1) is 0 Å². The van der Waals surface area contributed by atoms with Crippen LogP contribution in [0.3, 0.4) is 0 Å². The highest BCUT2D eigenvalue weighted by atomic mass is 19.3. The molecule has 9 heteroatoms. The molecule has 7 nitrogen and oxygen atoms in total. The molecule has 1 heterocycles. The van der Waals surface area contributed by atoms with E-state index in [1.807, 2.05) is 31.2 Å². The fourth-order valence-electron chi connectivity index (χ4n) is 2.42. The van der Waals surface area contributed by atoms with Crippen molar-refractivity contribution in [1.82, 2.24) is 20.2 Å². The van der Waals surface area contributed by atoms with E-state index in [0.717, 1.165) is 22.3 Å². The molecule has 0 saturated heterocycles. The van der Waals surface area contributed by atoms with Crippen LogP contribution in [0.1, 0.15) is 31.3 Å². The SMILES string of the molecule is CCOCCCNC(=NCc1ccc(OC)cc1)NCc1nccn1C(F)F. The number of aliphatic imine (C=N–C) groups is 1. The van der Waals surface area contributed by atoms with Crippen LogP contribution >= 0.6 is 0 Å². The average molecular weight is 395 g/mol. The molecular formula is C19H27F2N5O2. The molecule has 0 saturated carbocycles. The summed E-state index contributed by atoms with van der Waals surface area (Å²) in [6.07, 6.45) is 3.42. The lowest BCUT2D eigenvalue weighted by Crippen LogP contribution is -2.38. The molecule has 2 N–H and O–H groups in total. The van der Waals surface area contributed by atoms with Crippen LogP contribution in [0.2, 0.25) is 0 Å². The Bertz CT molecular complexity index is 719. The van der Waals surface area contributed by atoms with E-state index < -0.39 is 6.55 Å². The summed E-state index contributed by atoms with van der Waals surface area (Å²) in [6.45, 7) is 1.86. The molecule has 0 atom stereocenters. The second-order valence-electron chi connectivity index (χ2n) is 5.87. The third-order valence-corrected chi connectivity index (χ3v) is 3.91. The first-order valence-electron chi connectivity index (χ1n) is 9.16. The highest BCUT2D eigenvalue weighted by molar-refractivity contribution is 5.79. The highest BCUT2D eigenvalue weighted by Crippen LogP contribution is 2.13. The van der Waals surface area contributed by atoms with E-state index in [2.05, 4.69) is 20.6 Å². The Morgan fingerprint density at radius 1 is 1.25 bits per heavy atom. The second kappa shape index (κ2) is 11.9. The molecule has 0 bridgehead atoms. The normalized spacial score (nSPS) is 11.7. The minimum absolute atomic E-state index is 0.136. The largest absolute Gasteiger partial charge is 0.497 e. The topological polar surface area (TPSA) is 72.7 Å². The Balaban J connectivity index is 1.97. The van der Waals surface area contributed by atoms with Crippen molar-refractivity contribution in [3.05, 3.63) is 48.0 Å². The number of hydrogen-bond donors (Lipinski definition) is 2. The van der Waals surface area contributed by atoms with Crippen molar-refractivity contribution < 1.29 is 18.3 Å². The maximum atomic E-state index is 13.0. The molecule has 0 aliphatic rings. The van der Waals surface area contributed by atoms with Gasteiger partial charge < -0.3 is 20.1 Å². The maximum absolute atomic E-state index is 13.0. The summed E-state index contributed by atoms with van der Waals surface area (Å²) in [5.41, 5.74) is 1.00. The van der Waals surface area contributed by atoms with Crippen LogP contribution in [-0.4, -0.2) is 42.4 Å². The molecule has 2 aromatic rings. The Morgan fingerprint density at radius 3 is 2.71 bits per heavy atom. The van der Waals surface area contributed by atoms with Crippen molar-refractivity contribution in [3.8, 4) is 5.75 Å². The molecule has 0 amide bonds. The van der Waals surface area contributed by atoms with Gasteiger partial charge in [-0.05, 0) is 31.0 Å². The number of nitrogens with one attached hydrogen (secondary N) is 2. The van der Waals surface area contributed by atoms with Crippen LogP contribution in [0.5, 0.6) is 5.75 Å². The summed E-state index contributed by atoms with van der Waals surface area (Å²) >= 11 is 0. The van der Waals surface area contributed by atoms with Gasteiger partial charge in [0, 0.05) is 32.2 Å². The van der Waals surface area contributed by atoms with Gasteiger partial charge in [-0.3, -0.25) is 4.57 Å². The quantitative estimate of drug-likeness (QED) is 0.348. The number of guanidine groups is 1. The van der Waals surface area contributed by atoms with E-state index in [9.17, 15) is 8.78 Å². The van der Waals surface area contributed by atoms with E-state index in [1.54, 1.807) is 7.11 Å². The Morgan fingerprint density at radius 2 is 2.04 bits per heavy atom. The molecule has 0 fully saturated rings. The zero-order valence-electron chi connectivity index (χ0n) is 16.2. The van der Waals surface area contributed by atoms with Crippen LogP contribution in [0.25, 0.3) is 0 Å². The third-order valence-electron chi connectivity index (χ3n) is 3.91. The molecule has 154 valence electrons. The number of alkyl halides is 2. The summed E-state index contributed by atoms with van der Waals surface area (Å²) in [5, 5.41) is 6.25. The average Bonchev–Trinajstić information content (AvgIpc) is 3.18. The van der Waals surface area contributed by atoms with E-state index in [-0.39, 0.29) is 12.4 Å². The lowest BCUT2D eigenvalue weighted by molar-refractivity contribution is 0.0668. The fraction of sp³-hybridized carbons (Fsp3) is 0.474. The maximum Gasteiger partial charge on any atom is 0.319 e. The summed E-state index contributed by atoms with van der Waals surface area (Å²) in [6, 6.07) is 7.59. The Hall–Kier alpha value is -2.68. The van der Waals surface area contributed by atoms with E-state index >= 15 is 0 Å². The molecule has 1 aromatic heterocycles. The van der Waals surface area contributed by atoms with Crippen molar-refractivity contribution in [2.24, 2.45) is 4.99 Å². The first-order valence-corrected chi connectivity index (χ1v) is 9.16. The number of aromatic nitrogens is 2. The van der Waals surface area contributed by atoms with Crippen molar-refractivity contribution in [2.45, 2.75) is 33.0 Å². The minimum Gasteiger partial charge on any atom is -0.497 e. The van der Waals surface area contributed by atoms with Gasteiger partial charge in [0.1, 0.15) is 11.6 Å². The van der Waals surface area contributed by atoms with Crippen LogP contribution < -0.4 is 15.4 Å². The van der Waals surface area contributed by atoms with Gasteiger partial charge in [-0.25, -0.2) is 9.98 Å². The zero-order valence-corrected chi connectivity index (χ0v) is 16.2. The number of rotatable bonds is 11.